The minimum Gasteiger partial charge on any atom is -0.314 e. The molecule has 0 aliphatic carbocycles. The highest BCUT2D eigenvalue weighted by atomic mass is 19.1. The Morgan fingerprint density at radius 2 is 1.82 bits per heavy atom. The van der Waals surface area contributed by atoms with Crippen LogP contribution in [-0.4, -0.2) is 12.6 Å². The van der Waals surface area contributed by atoms with E-state index in [2.05, 4.69) is 19.2 Å². The standard InChI is InChI=1S/C15H24FN/c1-3-4-5-6-11-17-13(2)12-14-7-9-15(16)10-8-14/h7-10,13,17H,3-6,11-12H2,1-2H3. The van der Waals surface area contributed by atoms with Gasteiger partial charge in [-0.05, 0) is 44.0 Å². The summed E-state index contributed by atoms with van der Waals surface area (Å²) in [5.74, 6) is -0.158. The number of nitrogens with one attached hydrogen (secondary N) is 1. The average molecular weight is 237 g/mol. The van der Waals surface area contributed by atoms with Crippen molar-refractivity contribution in [3.8, 4) is 0 Å². The van der Waals surface area contributed by atoms with Gasteiger partial charge >= 0.3 is 0 Å². The first kappa shape index (κ1) is 14.2. The average Bonchev–Trinajstić information content (AvgIpc) is 2.32. The van der Waals surface area contributed by atoms with Crippen molar-refractivity contribution in [3.63, 3.8) is 0 Å². The predicted molar refractivity (Wildman–Crippen MR) is 71.7 cm³/mol. The smallest absolute Gasteiger partial charge is 0.123 e. The maximum absolute atomic E-state index is 12.7. The summed E-state index contributed by atoms with van der Waals surface area (Å²) in [4.78, 5) is 0. The lowest BCUT2D eigenvalue weighted by Gasteiger charge is -2.13. The van der Waals surface area contributed by atoms with Crippen molar-refractivity contribution in [2.24, 2.45) is 0 Å². The molecule has 0 amide bonds. The number of unbranched alkanes of at least 4 members (excludes halogenated alkanes) is 3. The first-order valence-corrected chi connectivity index (χ1v) is 6.70. The van der Waals surface area contributed by atoms with Crippen LogP contribution in [0.25, 0.3) is 0 Å². The molecule has 1 atom stereocenters. The van der Waals surface area contributed by atoms with Crippen molar-refractivity contribution in [1.82, 2.24) is 5.32 Å². The Kier molecular flexibility index (Phi) is 6.87. The largest absolute Gasteiger partial charge is 0.314 e. The highest BCUT2D eigenvalue weighted by Crippen LogP contribution is 2.06. The topological polar surface area (TPSA) is 12.0 Å². The van der Waals surface area contributed by atoms with E-state index in [1.54, 1.807) is 0 Å². The molecule has 0 aromatic heterocycles. The summed E-state index contributed by atoms with van der Waals surface area (Å²) in [7, 11) is 0. The number of hydrogen-bond donors (Lipinski definition) is 1. The third-order valence-corrected chi connectivity index (χ3v) is 2.98. The van der Waals surface area contributed by atoms with E-state index in [4.69, 9.17) is 0 Å². The fraction of sp³-hybridized carbons (Fsp3) is 0.600. The van der Waals surface area contributed by atoms with Gasteiger partial charge in [0, 0.05) is 6.04 Å². The van der Waals surface area contributed by atoms with Crippen molar-refractivity contribution < 1.29 is 4.39 Å². The summed E-state index contributed by atoms with van der Waals surface area (Å²) in [6.07, 6.45) is 6.14. The van der Waals surface area contributed by atoms with Gasteiger partial charge in [-0.3, -0.25) is 0 Å². The van der Waals surface area contributed by atoms with Gasteiger partial charge in [0.15, 0.2) is 0 Å². The van der Waals surface area contributed by atoms with E-state index < -0.39 is 0 Å². The Morgan fingerprint density at radius 3 is 2.47 bits per heavy atom. The quantitative estimate of drug-likeness (QED) is 0.676. The third-order valence-electron chi connectivity index (χ3n) is 2.98. The van der Waals surface area contributed by atoms with Gasteiger partial charge in [-0.1, -0.05) is 38.3 Å². The molecule has 0 spiro atoms. The van der Waals surface area contributed by atoms with Crippen LogP contribution in [0.15, 0.2) is 24.3 Å². The molecule has 0 fully saturated rings. The third kappa shape index (κ3) is 6.42. The van der Waals surface area contributed by atoms with Crippen LogP contribution in [0.1, 0.15) is 45.1 Å². The molecule has 96 valence electrons. The first-order valence-electron chi connectivity index (χ1n) is 6.70. The zero-order valence-corrected chi connectivity index (χ0v) is 11.0. The Labute approximate surface area is 104 Å². The second-order valence-electron chi connectivity index (χ2n) is 4.75. The van der Waals surface area contributed by atoms with Crippen LogP contribution in [-0.2, 0) is 6.42 Å². The van der Waals surface area contributed by atoms with Gasteiger partial charge in [-0.2, -0.15) is 0 Å². The SMILES string of the molecule is CCCCCCNC(C)Cc1ccc(F)cc1. The lowest BCUT2D eigenvalue weighted by atomic mass is 10.1. The molecular formula is C15H24FN. The normalized spacial score (nSPS) is 12.6. The maximum Gasteiger partial charge on any atom is 0.123 e. The predicted octanol–water partition coefficient (Wildman–Crippen LogP) is 3.93. The van der Waals surface area contributed by atoms with Crippen molar-refractivity contribution >= 4 is 0 Å². The first-order chi connectivity index (χ1) is 8.22. The molecule has 0 saturated heterocycles. The van der Waals surface area contributed by atoms with Crippen molar-refractivity contribution in [2.45, 2.75) is 52.0 Å². The highest BCUT2D eigenvalue weighted by molar-refractivity contribution is 5.16. The Morgan fingerprint density at radius 1 is 1.12 bits per heavy atom. The molecule has 1 aromatic rings. The van der Waals surface area contributed by atoms with E-state index in [-0.39, 0.29) is 5.82 Å². The van der Waals surface area contributed by atoms with Gasteiger partial charge in [0.2, 0.25) is 0 Å². The molecule has 1 aromatic carbocycles. The molecule has 1 nitrogen and oxygen atoms in total. The van der Waals surface area contributed by atoms with Crippen molar-refractivity contribution in [1.29, 1.82) is 0 Å². The van der Waals surface area contributed by atoms with Crippen LogP contribution in [0.3, 0.4) is 0 Å². The van der Waals surface area contributed by atoms with Crippen molar-refractivity contribution in [2.75, 3.05) is 6.54 Å². The molecule has 0 saturated carbocycles. The Hall–Kier alpha value is -0.890. The van der Waals surface area contributed by atoms with E-state index in [9.17, 15) is 4.39 Å². The summed E-state index contributed by atoms with van der Waals surface area (Å²) in [5, 5.41) is 3.51. The number of rotatable bonds is 8. The molecule has 0 heterocycles. The fourth-order valence-electron chi connectivity index (χ4n) is 1.95. The van der Waals surface area contributed by atoms with Crippen molar-refractivity contribution in [3.05, 3.63) is 35.6 Å². The van der Waals surface area contributed by atoms with E-state index in [0.717, 1.165) is 13.0 Å². The number of hydrogen-bond acceptors (Lipinski definition) is 1. The van der Waals surface area contributed by atoms with Gasteiger partial charge in [0.25, 0.3) is 0 Å². The van der Waals surface area contributed by atoms with Crippen LogP contribution in [0.5, 0.6) is 0 Å². The number of halogens is 1. The minimum atomic E-state index is -0.158. The minimum absolute atomic E-state index is 0.158. The monoisotopic (exact) mass is 237 g/mol. The lowest BCUT2D eigenvalue weighted by Crippen LogP contribution is -2.28. The summed E-state index contributed by atoms with van der Waals surface area (Å²) >= 11 is 0. The van der Waals surface area contributed by atoms with Crippen LogP contribution in [0, 0.1) is 5.82 Å². The molecule has 2 heteroatoms. The summed E-state index contributed by atoms with van der Waals surface area (Å²) < 4.78 is 12.7. The maximum atomic E-state index is 12.7. The van der Waals surface area contributed by atoms with E-state index in [0.29, 0.717) is 6.04 Å². The van der Waals surface area contributed by atoms with Gasteiger partial charge in [-0.25, -0.2) is 4.39 Å². The second-order valence-corrected chi connectivity index (χ2v) is 4.75. The van der Waals surface area contributed by atoms with Gasteiger partial charge in [-0.15, -0.1) is 0 Å². The summed E-state index contributed by atoms with van der Waals surface area (Å²) in [6, 6.07) is 7.25. The van der Waals surface area contributed by atoms with Gasteiger partial charge < -0.3 is 5.32 Å². The van der Waals surface area contributed by atoms with E-state index in [1.165, 1.54) is 43.4 Å². The molecule has 0 bridgehead atoms. The molecule has 1 N–H and O–H groups in total. The molecule has 0 radical (unpaired) electrons. The second kappa shape index (κ2) is 8.24. The molecule has 1 unspecified atom stereocenters. The van der Waals surface area contributed by atoms with Gasteiger partial charge in [0.05, 0.1) is 0 Å². The van der Waals surface area contributed by atoms with E-state index >= 15 is 0 Å². The molecule has 17 heavy (non-hydrogen) atoms. The zero-order valence-electron chi connectivity index (χ0n) is 11.0. The van der Waals surface area contributed by atoms with Gasteiger partial charge in [0.1, 0.15) is 5.82 Å². The highest BCUT2D eigenvalue weighted by Gasteiger charge is 2.02. The Balaban J connectivity index is 2.16. The van der Waals surface area contributed by atoms with Crippen LogP contribution < -0.4 is 5.32 Å². The fourth-order valence-corrected chi connectivity index (χ4v) is 1.95. The van der Waals surface area contributed by atoms with Crippen LogP contribution >= 0.6 is 0 Å². The van der Waals surface area contributed by atoms with Crippen LogP contribution in [0.4, 0.5) is 4.39 Å². The summed E-state index contributed by atoms with van der Waals surface area (Å²) in [6.45, 7) is 5.50. The summed E-state index contributed by atoms with van der Waals surface area (Å²) in [5.41, 5.74) is 1.19. The molecule has 0 aliphatic rings. The Bertz CT molecular complexity index is 294. The van der Waals surface area contributed by atoms with E-state index in [1.807, 2.05) is 12.1 Å². The zero-order chi connectivity index (χ0) is 12.5. The molecule has 1 rings (SSSR count). The number of benzene rings is 1. The van der Waals surface area contributed by atoms with Crippen LogP contribution in [0.2, 0.25) is 0 Å². The lowest BCUT2D eigenvalue weighted by molar-refractivity contribution is 0.517. The molecular weight excluding hydrogens is 213 g/mol. The molecule has 0 aliphatic heterocycles.